The summed E-state index contributed by atoms with van der Waals surface area (Å²) in [6.07, 6.45) is -11.3. The number of carbonyl (C=O) groups excluding carboxylic acids is 2. The Morgan fingerprint density at radius 1 is 1.08 bits per heavy atom. The molecule has 2 heterocycles. The maximum absolute atomic E-state index is 14.2. The van der Waals surface area contributed by atoms with Crippen LogP contribution in [0.3, 0.4) is 0 Å². The summed E-state index contributed by atoms with van der Waals surface area (Å²) in [5.74, 6) is -10.1. The second kappa shape index (κ2) is 13.9. The van der Waals surface area contributed by atoms with Crippen LogP contribution in [0.5, 0.6) is 0 Å². The first-order chi connectivity index (χ1) is 23.9. The van der Waals surface area contributed by atoms with Crippen LogP contribution in [0.4, 0.5) is 39.9 Å². The normalized spacial score (nSPS) is 15.1. The van der Waals surface area contributed by atoms with Crippen molar-refractivity contribution in [2.45, 2.75) is 63.8 Å². The van der Waals surface area contributed by atoms with Gasteiger partial charge in [0.1, 0.15) is 11.1 Å². The third-order valence-electron chi connectivity index (χ3n) is 8.26. The number of amides is 1. The van der Waals surface area contributed by atoms with Crippen LogP contribution in [0.2, 0.25) is 5.02 Å². The number of halogens is 9. The van der Waals surface area contributed by atoms with E-state index in [-0.39, 0.29) is 52.3 Å². The van der Waals surface area contributed by atoms with Crippen molar-refractivity contribution in [1.82, 2.24) is 24.5 Å². The second-order valence-electron chi connectivity index (χ2n) is 12.9. The van der Waals surface area contributed by atoms with Gasteiger partial charge in [0, 0.05) is 18.8 Å². The lowest BCUT2D eigenvalue weighted by atomic mass is 9.79. The fraction of sp³-hybridized carbons (Fsp3) is 0.484. The van der Waals surface area contributed by atoms with E-state index in [0.29, 0.717) is 4.68 Å². The number of hydrogen-bond acceptors (Lipinski definition) is 8. The van der Waals surface area contributed by atoms with Gasteiger partial charge in [-0.2, -0.15) is 50.6 Å². The molecular formula is C31H29ClF8N6O6. The summed E-state index contributed by atoms with van der Waals surface area (Å²) in [6.45, 7) is 3.96. The Kier molecular flexibility index (Phi) is 10.6. The zero-order chi connectivity index (χ0) is 39.2. The van der Waals surface area contributed by atoms with Gasteiger partial charge in [-0.15, -0.1) is 0 Å². The number of alkyl halides is 8. The third kappa shape index (κ3) is 7.93. The number of carboxylic acids is 1. The predicted molar refractivity (Wildman–Crippen MR) is 162 cm³/mol. The summed E-state index contributed by atoms with van der Waals surface area (Å²) < 4.78 is 120. The first-order valence-electron chi connectivity index (χ1n) is 15.1. The van der Waals surface area contributed by atoms with Gasteiger partial charge in [0.25, 0.3) is 5.91 Å². The Hall–Kier alpha value is -4.93. The van der Waals surface area contributed by atoms with Crippen molar-refractivity contribution in [1.29, 1.82) is 5.26 Å². The number of nitrogens with zero attached hydrogens (tertiary/aromatic N) is 6. The number of carbonyl (C=O) groups is 3. The van der Waals surface area contributed by atoms with Gasteiger partial charge in [-0.25, -0.2) is 14.2 Å². The first kappa shape index (κ1) is 39.8. The van der Waals surface area contributed by atoms with E-state index >= 15 is 0 Å². The molecule has 1 amide bonds. The highest BCUT2D eigenvalue weighted by Gasteiger charge is 2.64. The van der Waals surface area contributed by atoms with E-state index in [1.54, 1.807) is 20.8 Å². The highest BCUT2D eigenvalue weighted by molar-refractivity contribution is 6.34. The van der Waals surface area contributed by atoms with Crippen LogP contribution in [0, 0.1) is 22.7 Å². The minimum atomic E-state index is -6.40. The van der Waals surface area contributed by atoms with Crippen LogP contribution in [0.1, 0.15) is 61.6 Å². The molecule has 3 aromatic rings. The first-order valence-corrected chi connectivity index (χ1v) is 15.4. The van der Waals surface area contributed by atoms with Gasteiger partial charge in [-0.05, 0) is 42.4 Å². The molecule has 0 aliphatic heterocycles. The number of ether oxygens (including phenoxy) is 2. The molecule has 1 N–H and O–H groups in total. The van der Waals surface area contributed by atoms with E-state index in [4.69, 9.17) is 21.1 Å². The third-order valence-corrected chi connectivity index (χ3v) is 8.59. The SMILES string of the molecule is Cn1nc(C(F)(F)C(F)(F)F)c(C(F)(F)F)c1-n1cc(-c2ccc(Cl)c(C(=O)N(COC(=O)OCCC(C(=O)O)C(C)(C)C)C3(C#N)CC3)c2)cn1. The fourth-order valence-electron chi connectivity index (χ4n) is 5.28. The van der Waals surface area contributed by atoms with Crippen molar-refractivity contribution in [2.24, 2.45) is 18.4 Å². The number of rotatable bonds is 11. The number of hydrogen-bond donors (Lipinski definition) is 1. The molecule has 0 bridgehead atoms. The van der Waals surface area contributed by atoms with Crippen LogP contribution in [-0.4, -0.2) is 72.7 Å². The van der Waals surface area contributed by atoms with E-state index in [1.165, 1.54) is 12.1 Å². The molecule has 2 aromatic heterocycles. The summed E-state index contributed by atoms with van der Waals surface area (Å²) in [5.41, 5.74) is -7.28. The van der Waals surface area contributed by atoms with Crippen LogP contribution < -0.4 is 0 Å². The molecule has 1 saturated carbocycles. The lowest BCUT2D eigenvalue weighted by Crippen LogP contribution is -2.43. The van der Waals surface area contributed by atoms with E-state index in [9.17, 15) is 59.9 Å². The molecule has 1 aromatic carbocycles. The summed E-state index contributed by atoms with van der Waals surface area (Å²) >= 11 is 6.30. The lowest BCUT2D eigenvalue weighted by Gasteiger charge is -2.28. The number of aliphatic carboxylic acids is 1. The highest BCUT2D eigenvalue weighted by atomic mass is 35.5. The zero-order valence-electron chi connectivity index (χ0n) is 27.6. The number of aryl methyl sites for hydroxylation is 1. The van der Waals surface area contributed by atoms with E-state index in [0.717, 1.165) is 30.4 Å². The van der Waals surface area contributed by atoms with Gasteiger partial charge in [-0.1, -0.05) is 38.4 Å². The molecule has 1 fully saturated rings. The Bertz CT molecular complexity index is 1910. The molecule has 21 heteroatoms. The minimum Gasteiger partial charge on any atom is -0.481 e. The van der Waals surface area contributed by atoms with Gasteiger partial charge in [0.2, 0.25) is 0 Å². The van der Waals surface area contributed by atoms with Gasteiger partial charge in [0.05, 0.1) is 35.4 Å². The topological polar surface area (TPSA) is 153 Å². The molecule has 1 aliphatic carbocycles. The molecule has 0 saturated heterocycles. The Morgan fingerprint density at radius 2 is 1.71 bits per heavy atom. The van der Waals surface area contributed by atoms with Crippen molar-refractivity contribution in [3.05, 3.63) is 52.4 Å². The van der Waals surface area contributed by atoms with E-state index in [1.807, 2.05) is 6.07 Å². The van der Waals surface area contributed by atoms with Crippen molar-refractivity contribution >= 4 is 29.6 Å². The number of aromatic nitrogens is 4. The van der Waals surface area contributed by atoms with Crippen LogP contribution >= 0.6 is 11.6 Å². The van der Waals surface area contributed by atoms with E-state index in [2.05, 4.69) is 10.2 Å². The van der Waals surface area contributed by atoms with Crippen LogP contribution in [0.15, 0.2) is 30.6 Å². The summed E-state index contributed by atoms with van der Waals surface area (Å²) in [5, 5.41) is 25.7. The molecule has 1 atom stereocenters. The number of nitriles is 1. The molecule has 282 valence electrons. The quantitative estimate of drug-likeness (QED) is 0.120. The minimum absolute atomic E-state index is 0.0446. The standard InChI is InChI=1S/C31H29ClF8N6O6/c1-27(2,3)19(25(48)49)7-10-51-26(50)52-15-45(28(14-41)8-9-28)24(47)18-11-16(5-6-20(18)32)17-12-42-46(13-17)23-21(30(35,36)37)22(43-44(23)4)29(33,34)31(38,39)40/h5-6,11-13,19H,7-10,15H2,1-4H3,(H,48,49). The monoisotopic (exact) mass is 768 g/mol. The van der Waals surface area contributed by atoms with Gasteiger partial charge < -0.3 is 14.6 Å². The van der Waals surface area contributed by atoms with Crippen LogP contribution in [-0.2, 0) is 33.4 Å². The van der Waals surface area contributed by atoms with Crippen molar-refractivity contribution < 1.29 is 64.1 Å². The van der Waals surface area contributed by atoms with Gasteiger partial charge >= 0.3 is 30.4 Å². The Labute approximate surface area is 294 Å². The molecule has 1 aliphatic rings. The van der Waals surface area contributed by atoms with Crippen molar-refractivity contribution in [3.8, 4) is 23.0 Å². The maximum atomic E-state index is 14.2. The Balaban J connectivity index is 1.61. The zero-order valence-corrected chi connectivity index (χ0v) is 28.3. The summed E-state index contributed by atoms with van der Waals surface area (Å²) in [6, 6.07) is 5.64. The molecule has 12 nitrogen and oxygen atoms in total. The predicted octanol–water partition coefficient (Wildman–Crippen LogP) is 7.35. The second-order valence-corrected chi connectivity index (χ2v) is 13.3. The maximum Gasteiger partial charge on any atom is 0.510 e. The number of carboxylic acid groups (broad SMARTS) is 1. The largest absolute Gasteiger partial charge is 0.510 e. The summed E-state index contributed by atoms with van der Waals surface area (Å²) in [7, 11) is 0.717. The molecule has 1 unspecified atom stereocenters. The fourth-order valence-corrected chi connectivity index (χ4v) is 5.48. The van der Waals surface area contributed by atoms with E-state index < -0.39 is 77.0 Å². The molecule has 0 spiro atoms. The average molecular weight is 769 g/mol. The summed E-state index contributed by atoms with van der Waals surface area (Å²) in [4.78, 5) is 38.6. The van der Waals surface area contributed by atoms with Crippen molar-refractivity contribution in [2.75, 3.05) is 13.3 Å². The van der Waals surface area contributed by atoms with Crippen molar-refractivity contribution in [3.63, 3.8) is 0 Å². The molecular weight excluding hydrogens is 740 g/mol. The molecule has 4 rings (SSSR count). The lowest BCUT2D eigenvalue weighted by molar-refractivity contribution is -0.292. The van der Waals surface area contributed by atoms with Gasteiger partial charge in [0.15, 0.2) is 18.2 Å². The molecule has 0 radical (unpaired) electrons. The number of benzene rings is 1. The van der Waals surface area contributed by atoms with Crippen LogP contribution in [0.25, 0.3) is 16.9 Å². The average Bonchev–Trinajstić information content (AvgIpc) is 3.49. The molecule has 52 heavy (non-hydrogen) atoms. The highest BCUT2D eigenvalue weighted by Crippen LogP contribution is 2.49. The van der Waals surface area contributed by atoms with Gasteiger partial charge in [-0.3, -0.25) is 14.5 Å². The Morgan fingerprint density at radius 3 is 2.23 bits per heavy atom. The smallest absolute Gasteiger partial charge is 0.481 e.